The van der Waals surface area contributed by atoms with Crippen molar-refractivity contribution in [2.75, 3.05) is 10.9 Å². The van der Waals surface area contributed by atoms with Crippen molar-refractivity contribution in [3.05, 3.63) is 29.3 Å². The third-order valence-corrected chi connectivity index (χ3v) is 7.92. The number of unbranched alkanes of at least 4 members (excludes halogenated alkanes) is 13. The summed E-state index contributed by atoms with van der Waals surface area (Å²) in [5, 5.41) is 9.87. The Morgan fingerprint density at radius 3 is 1.53 bits per heavy atom. The summed E-state index contributed by atoms with van der Waals surface area (Å²) < 4.78 is 31.6. The molecule has 0 saturated heterocycles. The molecule has 1 N–H and O–H groups in total. The summed E-state index contributed by atoms with van der Waals surface area (Å²) in [5.41, 5.74) is 1.55. The Hall–Kier alpha value is -1.60. The Morgan fingerprint density at radius 2 is 1.17 bits per heavy atom. The maximum atomic E-state index is 13.0. The Labute approximate surface area is 221 Å². The van der Waals surface area contributed by atoms with E-state index < -0.39 is 16.4 Å². The molecule has 0 atom stereocenters. The second-order valence-corrected chi connectivity index (χ2v) is 12.0. The lowest BCUT2D eigenvalue weighted by Gasteiger charge is -2.26. The van der Waals surface area contributed by atoms with Crippen molar-refractivity contribution in [1.82, 2.24) is 0 Å². The van der Waals surface area contributed by atoms with Gasteiger partial charge in [-0.2, -0.15) is 8.42 Å². The highest BCUT2D eigenvalue weighted by atomic mass is 32.2. The van der Waals surface area contributed by atoms with E-state index >= 15 is 0 Å². The molecule has 6 nitrogen and oxygen atoms in total. The summed E-state index contributed by atoms with van der Waals surface area (Å²) in [5.74, 6) is -0.0805. The van der Waals surface area contributed by atoms with Crippen molar-refractivity contribution in [3.8, 4) is 0 Å². The van der Waals surface area contributed by atoms with Crippen molar-refractivity contribution >= 4 is 22.1 Å². The maximum absolute atomic E-state index is 13.0. The SMILES string of the molecule is CCCCCCCCCCCCCCCCOS(=O)(=O)N(C(=O)O)c1c(C(C)C)cccc1C(C)C. The molecule has 208 valence electrons. The molecular weight excluding hydrogens is 474 g/mol. The molecule has 1 rings (SSSR count). The first-order chi connectivity index (χ1) is 17.1. The normalized spacial score (nSPS) is 12.0. The highest BCUT2D eigenvalue weighted by Crippen LogP contribution is 2.37. The van der Waals surface area contributed by atoms with Gasteiger partial charge in [0, 0.05) is 0 Å². The number of amides is 1. The predicted molar refractivity (Wildman–Crippen MR) is 150 cm³/mol. The molecule has 0 saturated carbocycles. The largest absolute Gasteiger partial charge is 0.464 e. The second kappa shape index (κ2) is 17.8. The van der Waals surface area contributed by atoms with Crippen LogP contribution in [0.2, 0.25) is 0 Å². The molecule has 7 heteroatoms. The molecule has 0 radical (unpaired) electrons. The van der Waals surface area contributed by atoms with Gasteiger partial charge in [0.15, 0.2) is 0 Å². The molecule has 0 aliphatic carbocycles. The second-order valence-electron chi connectivity index (χ2n) is 10.5. The van der Waals surface area contributed by atoms with Crippen LogP contribution < -0.4 is 4.31 Å². The summed E-state index contributed by atoms with van der Waals surface area (Å²) >= 11 is 0. The monoisotopic (exact) mass is 525 g/mol. The van der Waals surface area contributed by atoms with Crippen molar-refractivity contribution in [2.45, 2.75) is 136 Å². The fourth-order valence-corrected chi connectivity index (χ4v) is 5.62. The van der Waals surface area contributed by atoms with Crippen LogP contribution in [0, 0.1) is 0 Å². The van der Waals surface area contributed by atoms with Gasteiger partial charge in [-0.05, 0) is 29.4 Å². The van der Waals surface area contributed by atoms with Crippen LogP contribution in [0.3, 0.4) is 0 Å². The lowest BCUT2D eigenvalue weighted by atomic mass is 9.93. The highest BCUT2D eigenvalue weighted by Gasteiger charge is 2.34. The summed E-state index contributed by atoms with van der Waals surface area (Å²) in [6, 6.07) is 5.41. The zero-order chi connectivity index (χ0) is 27.0. The van der Waals surface area contributed by atoms with Crippen LogP contribution in [-0.2, 0) is 14.5 Å². The maximum Gasteiger partial charge on any atom is 0.427 e. The molecule has 0 aromatic heterocycles. The molecule has 0 unspecified atom stereocenters. The van der Waals surface area contributed by atoms with E-state index in [1.165, 1.54) is 64.2 Å². The van der Waals surface area contributed by atoms with E-state index in [9.17, 15) is 18.3 Å². The quantitative estimate of drug-likeness (QED) is 0.172. The van der Waals surface area contributed by atoms with Crippen LogP contribution in [0.5, 0.6) is 0 Å². The van der Waals surface area contributed by atoms with E-state index in [4.69, 9.17) is 4.18 Å². The number of carboxylic acid groups (broad SMARTS) is 1. The van der Waals surface area contributed by atoms with E-state index in [-0.39, 0.29) is 24.1 Å². The van der Waals surface area contributed by atoms with Gasteiger partial charge in [-0.15, -0.1) is 4.31 Å². The fourth-order valence-electron chi connectivity index (χ4n) is 4.56. The van der Waals surface area contributed by atoms with Gasteiger partial charge in [0.1, 0.15) is 0 Å². The molecule has 1 aromatic carbocycles. The fraction of sp³-hybridized carbons (Fsp3) is 0.759. The molecule has 0 fully saturated rings. The summed E-state index contributed by atoms with van der Waals surface area (Å²) in [6.45, 7) is 9.93. The predicted octanol–water partition coefficient (Wildman–Crippen LogP) is 9.16. The number of hydrogen-bond donors (Lipinski definition) is 1. The molecular formula is C29H51NO5S. The lowest BCUT2D eigenvalue weighted by Crippen LogP contribution is -2.38. The van der Waals surface area contributed by atoms with Crippen LogP contribution in [0.15, 0.2) is 18.2 Å². The highest BCUT2D eigenvalue weighted by molar-refractivity contribution is 7.89. The van der Waals surface area contributed by atoms with E-state index in [0.29, 0.717) is 21.9 Å². The van der Waals surface area contributed by atoms with Crippen LogP contribution >= 0.6 is 0 Å². The molecule has 0 spiro atoms. The van der Waals surface area contributed by atoms with Gasteiger partial charge in [-0.25, -0.2) is 4.79 Å². The van der Waals surface area contributed by atoms with E-state index in [2.05, 4.69) is 6.92 Å². The average Bonchev–Trinajstić information content (AvgIpc) is 2.81. The first kappa shape index (κ1) is 32.4. The standard InChI is InChI=1S/C29H51NO5S/c1-6-7-8-9-10-11-12-13-14-15-16-17-18-19-23-35-36(33,34)30(29(31)32)28-26(24(2)3)21-20-22-27(28)25(4)5/h20-22,24-25H,6-19,23H2,1-5H3,(H,31,32). The van der Waals surface area contributed by atoms with Crippen LogP contribution in [0.25, 0.3) is 0 Å². The van der Waals surface area contributed by atoms with Gasteiger partial charge in [0.25, 0.3) is 0 Å². The van der Waals surface area contributed by atoms with Gasteiger partial charge >= 0.3 is 16.4 Å². The topological polar surface area (TPSA) is 83.9 Å². The third-order valence-electron chi connectivity index (χ3n) is 6.67. The number of carbonyl (C=O) groups is 1. The van der Waals surface area contributed by atoms with Gasteiger partial charge in [0.05, 0.1) is 12.3 Å². The average molecular weight is 526 g/mol. The number of rotatable bonds is 20. The number of anilines is 1. The lowest BCUT2D eigenvalue weighted by molar-refractivity contribution is 0.204. The Kier molecular flexibility index (Phi) is 16.0. The molecule has 0 heterocycles. The molecule has 1 aromatic rings. The molecule has 0 aliphatic heterocycles. The number of hydrogen-bond acceptors (Lipinski definition) is 4. The summed E-state index contributed by atoms with van der Waals surface area (Å²) in [7, 11) is -4.47. The Morgan fingerprint density at radius 1 is 0.778 bits per heavy atom. The number of para-hydroxylation sites is 1. The molecule has 36 heavy (non-hydrogen) atoms. The van der Waals surface area contributed by atoms with E-state index in [0.717, 1.165) is 19.3 Å². The molecule has 1 amide bonds. The minimum absolute atomic E-state index is 0.00893. The minimum Gasteiger partial charge on any atom is -0.464 e. The number of nitrogens with zero attached hydrogens (tertiary/aromatic N) is 1. The third kappa shape index (κ3) is 11.6. The van der Waals surface area contributed by atoms with Crippen molar-refractivity contribution in [3.63, 3.8) is 0 Å². The van der Waals surface area contributed by atoms with Gasteiger partial charge in [-0.3, -0.25) is 4.18 Å². The summed E-state index contributed by atoms with van der Waals surface area (Å²) in [6.07, 6.45) is 15.3. The first-order valence-electron chi connectivity index (χ1n) is 14.2. The van der Waals surface area contributed by atoms with Crippen LogP contribution in [-0.4, -0.2) is 26.2 Å². The molecule has 0 aliphatic rings. The Bertz CT molecular complexity index is 825. The van der Waals surface area contributed by atoms with Gasteiger partial charge in [0.2, 0.25) is 0 Å². The first-order valence-corrected chi connectivity index (χ1v) is 15.5. The summed E-state index contributed by atoms with van der Waals surface area (Å²) in [4.78, 5) is 12.1. The number of benzene rings is 1. The van der Waals surface area contributed by atoms with Crippen LogP contribution in [0.4, 0.5) is 10.5 Å². The van der Waals surface area contributed by atoms with Crippen molar-refractivity contribution < 1.29 is 22.5 Å². The van der Waals surface area contributed by atoms with Crippen molar-refractivity contribution in [1.29, 1.82) is 0 Å². The Balaban J connectivity index is 2.45. The van der Waals surface area contributed by atoms with Gasteiger partial charge in [-0.1, -0.05) is 136 Å². The zero-order valence-corrected chi connectivity index (χ0v) is 24.2. The zero-order valence-electron chi connectivity index (χ0n) is 23.4. The van der Waals surface area contributed by atoms with E-state index in [1.807, 2.05) is 33.8 Å². The van der Waals surface area contributed by atoms with Gasteiger partial charge < -0.3 is 5.11 Å². The minimum atomic E-state index is -4.47. The van der Waals surface area contributed by atoms with E-state index in [1.54, 1.807) is 12.1 Å². The van der Waals surface area contributed by atoms with Crippen molar-refractivity contribution in [2.24, 2.45) is 0 Å². The smallest absolute Gasteiger partial charge is 0.427 e. The molecule has 0 bridgehead atoms. The van der Waals surface area contributed by atoms with Crippen LogP contribution in [0.1, 0.15) is 147 Å².